The maximum Gasteiger partial charge on any atom is 0.332 e. The molecule has 0 saturated carbocycles. The SMILES string of the molecule is O=c1cc(OCc2ccccc2)[nH]cc1[N+](=O)[O-]. The average molecular weight is 246 g/mol. The third kappa shape index (κ3) is 2.73. The van der Waals surface area contributed by atoms with E-state index in [-0.39, 0.29) is 12.5 Å². The van der Waals surface area contributed by atoms with E-state index in [0.29, 0.717) is 0 Å². The largest absolute Gasteiger partial charge is 0.474 e. The van der Waals surface area contributed by atoms with E-state index in [1.165, 1.54) is 0 Å². The van der Waals surface area contributed by atoms with Crippen LogP contribution in [0.15, 0.2) is 47.4 Å². The maximum absolute atomic E-state index is 11.4. The van der Waals surface area contributed by atoms with Gasteiger partial charge >= 0.3 is 5.69 Å². The maximum atomic E-state index is 11.4. The number of H-pyrrole nitrogens is 1. The molecule has 2 aromatic rings. The molecule has 6 nitrogen and oxygen atoms in total. The summed E-state index contributed by atoms with van der Waals surface area (Å²) < 4.78 is 5.33. The van der Waals surface area contributed by atoms with Crippen LogP contribution in [0.4, 0.5) is 5.69 Å². The molecule has 0 saturated heterocycles. The number of ether oxygens (including phenoxy) is 1. The monoisotopic (exact) mass is 246 g/mol. The summed E-state index contributed by atoms with van der Waals surface area (Å²) in [5.74, 6) is 0.203. The van der Waals surface area contributed by atoms with Crippen LogP contribution < -0.4 is 10.2 Å². The van der Waals surface area contributed by atoms with Gasteiger partial charge in [0.1, 0.15) is 6.61 Å². The van der Waals surface area contributed by atoms with Crippen molar-refractivity contribution in [3.8, 4) is 5.88 Å². The lowest BCUT2D eigenvalue weighted by molar-refractivity contribution is -0.386. The number of aromatic nitrogens is 1. The molecule has 1 aromatic carbocycles. The molecule has 0 unspecified atom stereocenters. The molecular weight excluding hydrogens is 236 g/mol. The first kappa shape index (κ1) is 11.8. The molecule has 0 atom stereocenters. The Kier molecular flexibility index (Phi) is 3.38. The number of pyridine rings is 1. The number of hydrogen-bond acceptors (Lipinski definition) is 4. The number of aromatic amines is 1. The molecule has 1 aromatic heterocycles. The van der Waals surface area contributed by atoms with Crippen molar-refractivity contribution in [1.29, 1.82) is 0 Å². The van der Waals surface area contributed by atoms with Gasteiger partial charge in [0.15, 0.2) is 5.88 Å². The highest BCUT2D eigenvalue weighted by Gasteiger charge is 2.12. The minimum absolute atomic E-state index is 0.203. The van der Waals surface area contributed by atoms with Gasteiger partial charge < -0.3 is 9.72 Å². The molecular formula is C12H10N2O4. The van der Waals surface area contributed by atoms with Gasteiger partial charge in [-0.2, -0.15) is 0 Å². The van der Waals surface area contributed by atoms with Gasteiger partial charge in [-0.25, -0.2) is 0 Å². The first-order chi connectivity index (χ1) is 8.66. The van der Waals surface area contributed by atoms with Gasteiger partial charge in [-0.3, -0.25) is 14.9 Å². The summed E-state index contributed by atoms with van der Waals surface area (Å²) in [4.78, 5) is 23.6. The Morgan fingerprint density at radius 1 is 1.28 bits per heavy atom. The van der Waals surface area contributed by atoms with E-state index in [2.05, 4.69) is 4.98 Å². The zero-order valence-electron chi connectivity index (χ0n) is 9.33. The van der Waals surface area contributed by atoms with E-state index >= 15 is 0 Å². The third-order valence-electron chi connectivity index (χ3n) is 2.30. The second-order valence-corrected chi connectivity index (χ2v) is 3.58. The zero-order chi connectivity index (χ0) is 13.0. The molecule has 18 heavy (non-hydrogen) atoms. The van der Waals surface area contributed by atoms with Crippen molar-refractivity contribution in [2.45, 2.75) is 6.61 Å². The Morgan fingerprint density at radius 3 is 2.61 bits per heavy atom. The Balaban J connectivity index is 2.09. The average Bonchev–Trinajstić information content (AvgIpc) is 2.37. The van der Waals surface area contributed by atoms with Gasteiger partial charge in [0, 0.05) is 0 Å². The summed E-state index contributed by atoms with van der Waals surface area (Å²) in [6.45, 7) is 0.286. The fourth-order valence-electron chi connectivity index (χ4n) is 1.41. The second-order valence-electron chi connectivity index (χ2n) is 3.58. The predicted octanol–water partition coefficient (Wildman–Crippen LogP) is 1.86. The molecule has 1 heterocycles. The molecule has 0 amide bonds. The van der Waals surface area contributed by atoms with Crippen LogP contribution in [0.3, 0.4) is 0 Å². The number of benzene rings is 1. The molecule has 0 aliphatic carbocycles. The zero-order valence-corrected chi connectivity index (χ0v) is 9.33. The minimum atomic E-state index is -0.736. The first-order valence-electron chi connectivity index (χ1n) is 5.20. The van der Waals surface area contributed by atoms with Crippen LogP contribution in [0.5, 0.6) is 5.88 Å². The smallest absolute Gasteiger partial charge is 0.332 e. The summed E-state index contributed by atoms with van der Waals surface area (Å²) in [6.07, 6.45) is 1.03. The molecule has 0 aliphatic heterocycles. The second kappa shape index (κ2) is 5.13. The minimum Gasteiger partial charge on any atom is -0.474 e. The molecule has 0 radical (unpaired) electrons. The van der Waals surface area contributed by atoms with Crippen molar-refractivity contribution in [2.24, 2.45) is 0 Å². The summed E-state index contributed by atoms with van der Waals surface area (Å²) in [5.41, 5.74) is -0.236. The number of nitro groups is 1. The van der Waals surface area contributed by atoms with E-state index in [0.717, 1.165) is 17.8 Å². The lowest BCUT2D eigenvalue weighted by Gasteiger charge is -2.05. The van der Waals surface area contributed by atoms with Gasteiger partial charge in [-0.15, -0.1) is 0 Å². The summed E-state index contributed by atoms with van der Waals surface area (Å²) >= 11 is 0. The van der Waals surface area contributed by atoms with Crippen LogP contribution >= 0.6 is 0 Å². The first-order valence-corrected chi connectivity index (χ1v) is 5.20. The Hall–Kier alpha value is -2.63. The van der Waals surface area contributed by atoms with Gasteiger partial charge in [0.2, 0.25) is 0 Å². The molecule has 0 bridgehead atoms. The molecule has 2 rings (SSSR count). The number of nitrogens with zero attached hydrogens (tertiary/aromatic N) is 1. The molecule has 1 N–H and O–H groups in total. The van der Waals surface area contributed by atoms with Crippen LogP contribution in [-0.2, 0) is 6.61 Å². The van der Waals surface area contributed by atoms with E-state index in [1.807, 2.05) is 30.3 Å². The van der Waals surface area contributed by atoms with Crippen molar-refractivity contribution in [3.05, 3.63) is 68.5 Å². The highest BCUT2D eigenvalue weighted by Crippen LogP contribution is 2.10. The Morgan fingerprint density at radius 2 is 2.00 bits per heavy atom. The Bertz CT molecular complexity index is 607. The molecule has 92 valence electrons. The Labute approximate surface area is 102 Å². The molecule has 0 aliphatic rings. The van der Waals surface area contributed by atoms with E-state index in [1.54, 1.807) is 0 Å². The highest BCUT2D eigenvalue weighted by molar-refractivity contribution is 5.29. The van der Waals surface area contributed by atoms with Crippen LogP contribution in [0.25, 0.3) is 0 Å². The summed E-state index contributed by atoms with van der Waals surface area (Å²) in [7, 11) is 0. The lowest BCUT2D eigenvalue weighted by atomic mass is 10.2. The van der Waals surface area contributed by atoms with E-state index in [4.69, 9.17) is 4.74 Å². The topological polar surface area (TPSA) is 85.2 Å². The van der Waals surface area contributed by atoms with Gasteiger partial charge in [0.25, 0.3) is 5.43 Å². The van der Waals surface area contributed by atoms with Gasteiger partial charge in [-0.05, 0) is 5.56 Å². The van der Waals surface area contributed by atoms with Crippen LogP contribution in [0.1, 0.15) is 5.56 Å². The van der Waals surface area contributed by atoms with Gasteiger partial charge in [-0.1, -0.05) is 30.3 Å². The molecule has 0 fully saturated rings. The number of hydrogen-bond donors (Lipinski definition) is 1. The van der Waals surface area contributed by atoms with Crippen molar-refractivity contribution in [3.63, 3.8) is 0 Å². The standard InChI is InChI=1S/C12H10N2O4/c15-11-6-12(13-7-10(11)14(16)17)18-8-9-4-2-1-3-5-9/h1-7H,8H2,(H,13,15). The summed E-state index contributed by atoms with van der Waals surface area (Å²) in [5, 5.41) is 10.5. The van der Waals surface area contributed by atoms with Crippen LogP contribution in [-0.4, -0.2) is 9.91 Å². The lowest BCUT2D eigenvalue weighted by Crippen LogP contribution is -2.09. The predicted molar refractivity (Wildman–Crippen MR) is 64.5 cm³/mol. The highest BCUT2D eigenvalue weighted by atomic mass is 16.6. The van der Waals surface area contributed by atoms with Crippen molar-refractivity contribution < 1.29 is 9.66 Å². The normalized spacial score (nSPS) is 10.0. The van der Waals surface area contributed by atoms with E-state index < -0.39 is 16.0 Å². The number of nitrogens with one attached hydrogen (secondary N) is 1. The van der Waals surface area contributed by atoms with Crippen molar-refractivity contribution in [2.75, 3.05) is 0 Å². The van der Waals surface area contributed by atoms with Crippen molar-refractivity contribution >= 4 is 5.69 Å². The molecule has 0 spiro atoms. The van der Waals surface area contributed by atoms with Crippen molar-refractivity contribution in [1.82, 2.24) is 4.98 Å². The van der Waals surface area contributed by atoms with Gasteiger partial charge in [0.05, 0.1) is 17.2 Å². The fourth-order valence-corrected chi connectivity index (χ4v) is 1.41. The number of rotatable bonds is 4. The summed E-state index contributed by atoms with van der Waals surface area (Å²) in [6, 6.07) is 10.5. The van der Waals surface area contributed by atoms with Crippen LogP contribution in [0.2, 0.25) is 0 Å². The third-order valence-corrected chi connectivity index (χ3v) is 2.30. The molecule has 6 heteroatoms. The van der Waals surface area contributed by atoms with E-state index in [9.17, 15) is 14.9 Å². The fraction of sp³-hybridized carbons (Fsp3) is 0.0833. The van der Waals surface area contributed by atoms with Crippen LogP contribution in [0, 0.1) is 10.1 Å². The quantitative estimate of drug-likeness (QED) is 0.659.